The molecule has 0 aromatic heterocycles. The van der Waals surface area contributed by atoms with Gasteiger partial charge in [0.1, 0.15) is 5.75 Å². The van der Waals surface area contributed by atoms with Gasteiger partial charge in [0.15, 0.2) is 0 Å². The predicted molar refractivity (Wildman–Crippen MR) is 63.8 cm³/mol. The van der Waals surface area contributed by atoms with E-state index in [1.807, 2.05) is 18.2 Å². The molecule has 4 heteroatoms. The molecule has 1 atom stereocenters. The number of carbonyl (C=O) groups excluding carboxylic acids is 1. The summed E-state index contributed by atoms with van der Waals surface area (Å²) in [6, 6.07) is 6.09. The SMILES string of the molecule is COC(=O)CCOc1ccc2c(c1)CCC2N. The fraction of sp³-hybridized carbons (Fsp3) is 0.462. The zero-order valence-electron chi connectivity index (χ0n) is 9.94. The van der Waals surface area contributed by atoms with E-state index in [2.05, 4.69) is 4.74 Å². The Morgan fingerprint density at radius 2 is 2.35 bits per heavy atom. The second-order valence-electron chi connectivity index (χ2n) is 4.18. The summed E-state index contributed by atoms with van der Waals surface area (Å²) in [5.41, 5.74) is 8.42. The van der Waals surface area contributed by atoms with E-state index in [0.717, 1.165) is 18.6 Å². The average molecular weight is 235 g/mol. The number of carbonyl (C=O) groups is 1. The summed E-state index contributed by atoms with van der Waals surface area (Å²) in [4.78, 5) is 10.9. The molecule has 17 heavy (non-hydrogen) atoms. The van der Waals surface area contributed by atoms with Crippen LogP contribution in [0.15, 0.2) is 18.2 Å². The third-order valence-electron chi connectivity index (χ3n) is 3.04. The van der Waals surface area contributed by atoms with Gasteiger partial charge in [-0.05, 0) is 36.1 Å². The summed E-state index contributed by atoms with van der Waals surface area (Å²) in [5, 5.41) is 0. The highest BCUT2D eigenvalue weighted by atomic mass is 16.5. The highest BCUT2D eigenvalue weighted by molar-refractivity contribution is 5.69. The van der Waals surface area contributed by atoms with Crippen molar-refractivity contribution in [3.8, 4) is 5.75 Å². The van der Waals surface area contributed by atoms with Gasteiger partial charge in [0.25, 0.3) is 0 Å². The first kappa shape index (κ1) is 11.9. The van der Waals surface area contributed by atoms with E-state index in [1.54, 1.807) is 0 Å². The first-order chi connectivity index (χ1) is 8.20. The summed E-state index contributed by atoms with van der Waals surface area (Å²) in [5.74, 6) is 0.537. The summed E-state index contributed by atoms with van der Waals surface area (Å²) in [6.07, 6.45) is 2.28. The minimum atomic E-state index is -0.256. The van der Waals surface area contributed by atoms with Gasteiger partial charge in [-0.15, -0.1) is 0 Å². The molecule has 0 aliphatic heterocycles. The van der Waals surface area contributed by atoms with Crippen molar-refractivity contribution in [2.45, 2.75) is 25.3 Å². The van der Waals surface area contributed by atoms with Crippen molar-refractivity contribution in [1.29, 1.82) is 0 Å². The Kier molecular flexibility index (Phi) is 3.64. The van der Waals surface area contributed by atoms with Gasteiger partial charge >= 0.3 is 5.97 Å². The van der Waals surface area contributed by atoms with Gasteiger partial charge in [-0.1, -0.05) is 6.07 Å². The van der Waals surface area contributed by atoms with Crippen molar-refractivity contribution in [3.63, 3.8) is 0 Å². The number of methoxy groups -OCH3 is 1. The van der Waals surface area contributed by atoms with Gasteiger partial charge in [0, 0.05) is 6.04 Å². The van der Waals surface area contributed by atoms with E-state index in [9.17, 15) is 4.79 Å². The first-order valence-corrected chi connectivity index (χ1v) is 5.78. The maximum atomic E-state index is 10.9. The number of nitrogens with two attached hydrogens (primary N) is 1. The van der Waals surface area contributed by atoms with Gasteiger partial charge in [0.05, 0.1) is 20.1 Å². The molecule has 0 saturated carbocycles. The Morgan fingerprint density at radius 3 is 3.12 bits per heavy atom. The van der Waals surface area contributed by atoms with Crippen LogP contribution in [-0.4, -0.2) is 19.7 Å². The number of aryl methyl sites for hydroxylation is 1. The molecule has 1 aromatic carbocycles. The maximum absolute atomic E-state index is 10.9. The minimum absolute atomic E-state index is 0.161. The number of hydrogen-bond acceptors (Lipinski definition) is 4. The lowest BCUT2D eigenvalue weighted by Crippen LogP contribution is -2.08. The van der Waals surface area contributed by atoms with Gasteiger partial charge in [0.2, 0.25) is 0 Å². The van der Waals surface area contributed by atoms with Crippen LogP contribution in [0, 0.1) is 0 Å². The number of esters is 1. The zero-order chi connectivity index (χ0) is 12.3. The van der Waals surface area contributed by atoms with Crippen LogP contribution in [0.1, 0.15) is 30.0 Å². The van der Waals surface area contributed by atoms with E-state index < -0.39 is 0 Å². The first-order valence-electron chi connectivity index (χ1n) is 5.78. The van der Waals surface area contributed by atoms with Crippen molar-refractivity contribution < 1.29 is 14.3 Å². The molecule has 0 heterocycles. The molecule has 0 saturated heterocycles. The molecule has 1 aliphatic carbocycles. The van der Waals surface area contributed by atoms with Crippen molar-refractivity contribution in [2.75, 3.05) is 13.7 Å². The molecule has 0 bridgehead atoms. The molecule has 1 aliphatic rings. The number of benzene rings is 1. The third kappa shape index (κ3) is 2.77. The summed E-state index contributed by atoms with van der Waals surface area (Å²) in [6.45, 7) is 0.345. The molecule has 4 nitrogen and oxygen atoms in total. The topological polar surface area (TPSA) is 61.5 Å². The zero-order valence-corrected chi connectivity index (χ0v) is 9.94. The molecule has 0 spiro atoms. The highest BCUT2D eigenvalue weighted by Crippen LogP contribution is 2.31. The summed E-state index contributed by atoms with van der Waals surface area (Å²) >= 11 is 0. The molecule has 1 unspecified atom stereocenters. The fourth-order valence-electron chi connectivity index (χ4n) is 2.07. The Labute approximate surface area is 101 Å². The fourth-order valence-corrected chi connectivity index (χ4v) is 2.07. The smallest absolute Gasteiger partial charge is 0.308 e. The lowest BCUT2D eigenvalue weighted by atomic mass is 10.1. The van der Waals surface area contributed by atoms with Crippen LogP contribution in [0.3, 0.4) is 0 Å². The van der Waals surface area contributed by atoms with Gasteiger partial charge < -0.3 is 15.2 Å². The summed E-state index contributed by atoms with van der Waals surface area (Å²) in [7, 11) is 1.37. The van der Waals surface area contributed by atoms with E-state index in [0.29, 0.717) is 6.61 Å². The third-order valence-corrected chi connectivity index (χ3v) is 3.04. The molecule has 92 valence electrons. The van der Waals surface area contributed by atoms with E-state index in [4.69, 9.17) is 10.5 Å². The van der Waals surface area contributed by atoms with Crippen molar-refractivity contribution in [1.82, 2.24) is 0 Å². The maximum Gasteiger partial charge on any atom is 0.308 e. The summed E-state index contributed by atoms with van der Waals surface area (Å²) < 4.78 is 10.0. The Hall–Kier alpha value is -1.55. The molecular weight excluding hydrogens is 218 g/mol. The van der Waals surface area contributed by atoms with Crippen LogP contribution >= 0.6 is 0 Å². The number of hydrogen-bond donors (Lipinski definition) is 1. The quantitative estimate of drug-likeness (QED) is 0.805. The van der Waals surface area contributed by atoms with Crippen LogP contribution in [-0.2, 0) is 16.0 Å². The predicted octanol–water partition coefficient (Wildman–Crippen LogP) is 1.57. The average Bonchev–Trinajstić information content (AvgIpc) is 2.70. The van der Waals surface area contributed by atoms with Gasteiger partial charge in [-0.25, -0.2) is 0 Å². The Morgan fingerprint density at radius 1 is 1.53 bits per heavy atom. The molecule has 0 amide bonds. The van der Waals surface area contributed by atoms with Gasteiger partial charge in [-0.2, -0.15) is 0 Å². The van der Waals surface area contributed by atoms with Crippen LogP contribution in [0.2, 0.25) is 0 Å². The van der Waals surface area contributed by atoms with E-state index >= 15 is 0 Å². The normalized spacial score (nSPS) is 17.6. The second-order valence-corrected chi connectivity index (χ2v) is 4.18. The highest BCUT2D eigenvalue weighted by Gasteiger charge is 2.19. The van der Waals surface area contributed by atoms with Crippen molar-refractivity contribution >= 4 is 5.97 Å². The van der Waals surface area contributed by atoms with E-state index in [1.165, 1.54) is 18.2 Å². The van der Waals surface area contributed by atoms with Crippen LogP contribution < -0.4 is 10.5 Å². The number of fused-ring (bicyclic) bond motifs is 1. The van der Waals surface area contributed by atoms with Crippen LogP contribution in [0.25, 0.3) is 0 Å². The van der Waals surface area contributed by atoms with Crippen LogP contribution in [0.5, 0.6) is 5.75 Å². The number of ether oxygens (including phenoxy) is 2. The van der Waals surface area contributed by atoms with Crippen molar-refractivity contribution in [3.05, 3.63) is 29.3 Å². The van der Waals surface area contributed by atoms with Gasteiger partial charge in [-0.3, -0.25) is 4.79 Å². The lowest BCUT2D eigenvalue weighted by molar-refractivity contribution is -0.141. The second kappa shape index (κ2) is 5.19. The molecule has 2 N–H and O–H groups in total. The minimum Gasteiger partial charge on any atom is -0.493 e. The molecule has 0 fully saturated rings. The largest absolute Gasteiger partial charge is 0.493 e. The Balaban J connectivity index is 1.92. The Bertz CT molecular complexity index is 417. The molecular formula is C13H17NO3. The standard InChI is InChI=1S/C13H17NO3/c1-16-13(15)6-7-17-10-3-4-11-9(8-10)2-5-12(11)14/h3-4,8,12H,2,5-7,14H2,1H3. The lowest BCUT2D eigenvalue weighted by Gasteiger charge is -2.08. The number of rotatable bonds is 4. The monoisotopic (exact) mass is 235 g/mol. The van der Waals surface area contributed by atoms with E-state index in [-0.39, 0.29) is 18.4 Å². The molecule has 0 radical (unpaired) electrons. The molecule has 1 aromatic rings. The van der Waals surface area contributed by atoms with Crippen LogP contribution in [0.4, 0.5) is 0 Å². The van der Waals surface area contributed by atoms with Crippen molar-refractivity contribution in [2.24, 2.45) is 5.73 Å². The molecule has 2 rings (SSSR count).